The molecule has 164 valence electrons. The average molecular weight is 457 g/mol. The Kier molecular flexibility index (Phi) is 7.94. The van der Waals surface area contributed by atoms with Gasteiger partial charge in [-0.05, 0) is 48.9 Å². The van der Waals surface area contributed by atoms with Crippen molar-refractivity contribution in [1.29, 1.82) is 0 Å². The zero-order valence-corrected chi connectivity index (χ0v) is 19.0. The van der Waals surface area contributed by atoms with Crippen molar-refractivity contribution in [3.05, 3.63) is 47.0 Å². The normalized spacial score (nSPS) is 12.4. The van der Waals surface area contributed by atoms with E-state index in [2.05, 4.69) is 5.32 Å². The molecule has 0 aliphatic carbocycles. The quantitative estimate of drug-likeness (QED) is 0.623. The smallest absolute Gasteiger partial charge is 0.243 e. The lowest BCUT2D eigenvalue weighted by Crippen LogP contribution is -2.39. The predicted molar refractivity (Wildman–Crippen MR) is 114 cm³/mol. The second kappa shape index (κ2) is 10.0. The summed E-state index contributed by atoms with van der Waals surface area (Å²) in [5.74, 6) is 0.887. The molecule has 10 heteroatoms. The second-order valence-electron chi connectivity index (χ2n) is 6.46. The van der Waals surface area contributed by atoms with E-state index in [0.29, 0.717) is 27.8 Å². The fourth-order valence-corrected chi connectivity index (χ4v) is 4.05. The highest BCUT2D eigenvalue weighted by atomic mass is 35.5. The Balaban J connectivity index is 2.13. The molecule has 0 bridgehead atoms. The van der Waals surface area contributed by atoms with Crippen LogP contribution in [0.1, 0.15) is 18.5 Å². The number of amides is 1. The highest BCUT2D eigenvalue weighted by Gasteiger charge is 2.24. The van der Waals surface area contributed by atoms with E-state index in [4.69, 9.17) is 25.8 Å². The molecule has 0 saturated heterocycles. The van der Waals surface area contributed by atoms with Gasteiger partial charge in [0.1, 0.15) is 0 Å². The topological polar surface area (TPSA) is 94.2 Å². The average Bonchev–Trinajstić information content (AvgIpc) is 2.72. The van der Waals surface area contributed by atoms with Gasteiger partial charge >= 0.3 is 0 Å². The standard InChI is InChI=1S/C20H25ClN2O6S/c1-13(14-10-17(27-3)20(29-5)18(11-14)28-4)22-19(24)12-23(2)30(25,26)16-8-6-15(21)7-9-16/h6-11,13H,12H2,1-5H3,(H,22,24). The number of carbonyl (C=O) groups is 1. The van der Waals surface area contributed by atoms with E-state index in [9.17, 15) is 13.2 Å². The van der Waals surface area contributed by atoms with Gasteiger partial charge in [-0.2, -0.15) is 4.31 Å². The highest BCUT2D eigenvalue weighted by molar-refractivity contribution is 7.89. The summed E-state index contributed by atoms with van der Waals surface area (Å²) in [6.45, 7) is 1.42. The molecule has 2 aromatic carbocycles. The van der Waals surface area contributed by atoms with Crippen molar-refractivity contribution in [2.45, 2.75) is 17.9 Å². The number of likely N-dealkylation sites (N-methyl/N-ethyl adjacent to an activating group) is 1. The van der Waals surface area contributed by atoms with Gasteiger partial charge in [0.2, 0.25) is 21.7 Å². The largest absolute Gasteiger partial charge is 0.493 e. The van der Waals surface area contributed by atoms with Gasteiger partial charge in [-0.1, -0.05) is 11.6 Å². The van der Waals surface area contributed by atoms with E-state index in [0.717, 1.165) is 4.31 Å². The SMILES string of the molecule is COc1cc(C(C)NC(=O)CN(C)S(=O)(=O)c2ccc(Cl)cc2)cc(OC)c1OC. The molecule has 0 radical (unpaired) electrons. The van der Waals surface area contributed by atoms with E-state index in [1.54, 1.807) is 19.1 Å². The maximum atomic E-state index is 12.6. The Bertz CT molecular complexity index is 970. The number of carbonyl (C=O) groups excluding carboxylic acids is 1. The number of methoxy groups -OCH3 is 3. The zero-order chi connectivity index (χ0) is 22.5. The van der Waals surface area contributed by atoms with Crippen molar-refractivity contribution in [2.24, 2.45) is 0 Å². The van der Waals surface area contributed by atoms with Crippen LogP contribution in [0.15, 0.2) is 41.3 Å². The molecule has 0 aliphatic heterocycles. The van der Waals surface area contributed by atoms with Crippen LogP contribution in [-0.2, 0) is 14.8 Å². The van der Waals surface area contributed by atoms with Crippen LogP contribution in [-0.4, -0.2) is 53.6 Å². The van der Waals surface area contributed by atoms with Crippen LogP contribution in [0.3, 0.4) is 0 Å². The lowest BCUT2D eigenvalue weighted by atomic mass is 10.1. The first-order valence-corrected chi connectivity index (χ1v) is 10.8. The molecule has 2 aromatic rings. The minimum atomic E-state index is -3.82. The first kappa shape index (κ1) is 23.8. The Hall–Kier alpha value is -2.49. The predicted octanol–water partition coefficient (Wildman–Crippen LogP) is 2.86. The van der Waals surface area contributed by atoms with Crippen LogP contribution >= 0.6 is 11.6 Å². The Morgan fingerprint density at radius 1 is 1.07 bits per heavy atom. The minimum absolute atomic E-state index is 0.0554. The third-order valence-electron chi connectivity index (χ3n) is 4.45. The van der Waals surface area contributed by atoms with Crippen LogP contribution in [0.25, 0.3) is 0 Å². The number of sulfonamides is 1. The van der Waals surface area contributed by atoms with Gasteiger partial charge in [0.05, 0.1) is 38.8 Å². The van der Waals surface area contributed by atoms with Crippen LogP contribution in [0.5, 0.6) is 17.2 Å². The molecule has 2 rings (SSSR count). The van der Waals surface area contributed by atoms with Crippen molar-refractivity contribution >= 4 is 27.5 Å². The molecule has 0 heterocycles. The van der Waals surface area contributed by atoms with Crippen molar-refractivity contribution in [1.82, 2.24) is 9.62 Å². The molecular weight excluding hydrogens is 432 g/mol. The minimum Gasteiger partial charge on any atom is -0.493 e. The summed E-state index contributed by atoms with van der Waals surface area (Å²) >= 11 is 5.81. The summed E-state index contributed by atoms with van der Waals surface area (Å²) in [7, 11) is 2.02. The van der Waals surface area contributed by atoms with Gasteiger partial charge in [-0.25, -0.2) is 8.42 Å². The molecule has 1 unspecified atom stereocenters. The Morgan fingerprint density at radius 2 is 1.60 bits per heavy atom. The molecule has 1 amide bonds. The van der Waals surface area contributed by atoms with E-state index in [1.165, 1.54) is 52.6 Å². The summed E-state index contributed by atoms with van der Waals surface area (Å²) in [6, 6.07) is 8.76. The first-order valence-electron chi connectivity index (χ1n) is 8.95. The number of hydrogen-bond donors (Lipinski definition) is 1. The molecule has 0 fully saturated rings. The molecule has 0 saturated carbocycles. The fraction of sp³-hybridized carbons (Fsp3) is 0.350. The summed E-state index contributed by atoms with van der Waals surface area (Å²) in [4.78, 5) is 12.5. The Labute approximate surface area is 181 Å². The van der Waals surface area contributed by atoms with Gasteiger partial charge in [-0.3, -0.25) is 4.79 Å². The second-order valence-corrected chi connectivity index (χ2v) is 8.94. The molecule has 1 atom stereocenters. The van der Waals surface area contributed by atoms with E-state index >= 15 is 0 Å². The van der Waals surface area contributed by atoms with Gasteiger partial charge in [-0.15, -0.1) is 0 Å². The fourth-order valence-electron chi connectivity index (χ4n) is 2.80. The molecule has 0 spiro atoms. The van der Waals surface area contributed by atoms with E-state index in [1.807, 2.05) is 0 Å². The Morgan fingerprint density at radius 3 is 2.07 bits per heavy atom. The molecular formula is C20H25ClN2O6S. The molecule has 1 N–H and O–H groups in total. The summed E-state index contributed by atoms with van der Waals surface area (Å²) < 4.78 is 42.2. The number of benzene rings is 2. The molecule has 8 nitrogen and oxygen atoms in total. The molecule has 0 aliphatic rings. The monoisotopic (exact) mass is 456 g/mol. The molecule has 0 aromatic heterocycles. The summed E-state index contributed by atoms with van der Waals surface area (Å²) in [5.41, 5.74) is 0.709. The van der Waals surface area contributed by atoms with Crippen molar-refractivity contribution in [2.75, 3.05) is 34.9 Å². The highest BCUT2D eigenvalue weighted by Crippen LogP contribution is 2.39. The number of rotatable bonds is 9. The van der Waals surface area contributed by atoms with E-state index < -0.39 is 22.0 Å². The van der Waals surface area contributed by atoms with Crippen molar-refractivity contribution in [3.63, 3.8) is 0 Å². The van der Waals surface area contributed by atoms with Crippen molar-refractivity contribution in [3.8, 4) is 17.2 Å². The summed E-state index contributed by atoms with van der Waals surface area (Å²) in [5, 5.41) is 3.21. The number of nitrogens with one attached hydrogen (secondary N) is 1. The van der Waals surface area contributed by atoms with Gasteiger partial charge in [0.25, 0.3) is 0 Å². The number of ether oxygens (including phenoxy) is 3. The lowest BCUT2D eigenvalue weighted by Gasteiger charge is -2.21. The van der Waals surface area contributed by atoms with Crippen molar-refractivity contribution < 1.29 is 27.4 Å². The van der Waals surface area contributed by atoms with Crippen LogP contribution in [0, 0.1) is 0 Å². The van der Waals surface area contributed by atoms with Crippen LogP contribution in [0.2, 0.25) is 5.02 Å². The maximum absolute atomic E-state index is 12.6. The van der Waals surface area contributed by atoms with Gasteiger partial charge in [0, 0.05) is 12.1 Å². The first-order chi connectivity index (χ1) is 14.1. The lowest BCUT2D eigenvalue weighted by molar-refractivity contribution is -0.121. The van der Waals surface area contributed by atoms with Gasteiger partial charge in [0.15, 0.2) is 11.5 Å². The molecule has 30 heavy (non-hydrogen) atoms. The van der Waals surface area contributed by atoms with Crippen LogP contribution < -0.4 is 19.5 Å². The van der Waals surface area contributed by atoms with Crippen LogP contribution in [0.4, 0.5) is 0 Å². The third kappa shape index (κ3) is 5.35. The number of nitrogens with zero attached hydrogens (tertiary/aromatic N) is 1. The number of halogens is 1. The summed E-state index contributed by atoms with van der Waals surface area (Å²) in [6.07, 6.45) is 0. The number of hydrogen-bond acceptors (Lipinski definition) is 6. The zero-order valence-electron chi connectivity index (χ0n) is 17.4. The van der Waals surface area contributed by atoms with Gasteiger partial charge < -0.3 is 19.5 Å². The maximum Gasteiger partial charge on any atom is 0.243 e. The van der Waals surface area contributed by atoms with E-state index in [-0.39, 0.29) is 11.4 Å². The third-order valence-corrected chi connectivity index (χ3v) is 6.52.